The number of rotatable bonds is 8. The van der Waals surface area contributed by atoms with E-state index < -0.39 is 5.92 Å². The van der Waals surface area contributed by atoms with Crippen molar-refractivity contribution in [1.82, 2.24) is 5.32 Å². The first-order valence-electron chi connectivity index (χ1n) is 13.1. The van der Waals surface area contributed by atoms with Gasteiger partial charge in [-0.05, 0) is 60.7 Å². The van der Waals surface area contributed by atoms with Gasteiger partial charge in [-0.1, -0.05) is 71.9 Å². The van der Waals surface area contributed by atoms with Gasteiger partial charge >= 0.3 is 0 Å². The molecule has 8 heteroatoms. The van der Waals surface area contributed by atoms with Crippen molar-refractivity contribution in [3.8, 4) is 11.8 Å². The molecule has 0 bridgehead atoms. The average molecular weight is 570 g/mol. The second-order valence-electron chi connectivity index (χ2n) is 9.73. The lowest BCUT2D eigenvalue weighted by molar-refractivity contribution is -0.116. The van der Waals surface area contributed by atoms with Crippen LogP contribution >= 0.6 is 23.4 Å². The molecule has 2 N–H and O–H groups in total. The number of thioether (sulfide) groups is 1. The summed E-state index contributed by atoms with van der Waals surface area (Å²) >= 11 is 7.45. The van der Waals surface area contributed by atoms with Gasteiger partial charge in [-0.15, -0.1) is 0 Å². The number of nitriles is 1. The number of hydrogen-bond donors (Lipinski definition) is 2. The summed E-state index contributed by atoms with van der Waals surface area (Å²) in [6.07, 6.45) is 1.92. The van der Waals surface area contributed by atoms with Crippen molar-refractivity contribution in [3.63, 3.8) is 0 Å². The summed E-state index contributed by atoms with van der Waals surface area (Å²) < 4.78 is 5.94. The number of nitrogens with zero attached hydrogens (tertiary/aromatic N) is 1. The summed E-state index contributed by atoms with van der Waals surface area (Å²) in [4.78, 5) is 25.8. The fourth-order valence-corrected chi connectivity index (χ4v) is 5.92. The van der Waals surface area contributed by atoms with E-state index in [1.807, 2.05) is 67.6 Å². The smallest absolute Gasteiger partial charge is 0.234 e. The number of amides is 1. The first kappa shape index (κ1) is 27.6. The summed E-state index contributed by atoms with van der Waals surface area (Å²) in [5, 5.41) is 17.6. The van der Waals surface area contributed by atoms with E-state index in [9.17, 15) is 14.9 Å². The highest BCUT2D eigenvalue weighted by Crippen LogP contribution is 2.44. The molecule has 0 saturated heterocycles. The zero-order valence-electron chi connectivity index (χ0n) is 22.0. The highest BCUT2D eigenvalue weighted by molar-refractivity contribution is 8.03. The fraction of sp³-hybridized carbons (Fsp3) is 0.219. The van der Waals surface area contributed by atoms with Gasteiger partial charge in [-0.2, -0.15) is 5.26 Å². The van der Waals surface area contributed by atoms with Gasteiger partial charge in [0.1, 0.15) is 12.4 Å². The second-order valence-corrected chi connectivity index (χ2v) is 11.1. The van der Waals surface area contributed by atoms with Crippen LogP contribution in [0.15, 0.2) is 94.7 Å². The van der Waals surface area contributed by atoms with Crippen LogP contribution in [0.1, 0.15) is 41.9 Å². The highest BCUT2D eigenvalue weighted by Gasteiger charge is 2.37. The SMILES string of the molecule is Cc1ccc(NC(=O)CSC2=C(C#N)[C@H](c3ccc(OCc4ccccc4)cc3)C3=C(CCCC3=O)N2)cc1Cl. The van der Waals surface area contributed by atoms with Crippen molar-refractivity contribution in [3.05, 3.63) is 116 Å². The maximum atomic E-state index is 13.1. The zero-order chi connectivity index (χ0) is 28.1. The van der Waals surface area contributed by atoms with Crippen LogP contribution < -0.4 is 15.4 Å². The molecule has 40 heavy (non-hydrogen) atoms. The Hall–Kier alpha value is -3.99. The van der Waals surface area contributed by atoms with E-state index in [-0.39, 0.29) is 17.4 Å². The van der Waals surface area contributed by atoms with Crippen molar-refractivity contribution in [1.29, 1.82) is 5.26 Å². The monoisotopic (exact) mass is 569 g/mol. The summed E-state index contributed by atoms with van der Waals surface area (Å²) in [5.41, 5.74) is 5.35. The number of allylic oxidation sites excluding steroid dienone is 3. The number of anilines is 1. The largest absolute Gasteiger partial charge is 0.489 e. The van der Waals surface area contributed by atoms with Crippen LogP contribution in [0.2, 0.25) is 5.02 Å². The van der Waals surface area contributed by atoms with Crippen LogP contribution in [-0.2, 0) is 16.2 Å². The summed E-state index contributed by atoms with van der Waals surface area (Å²) in [6.45, 7) is 2.34. The normalized spacial score (nSPS) is 16.6. The lowest BCUT2D eigenvalue weighted by atomic mass is 9.77. The molecular formula is C32H28ClN3O3S. The van der Waals surface area contributed by atoms with E-state index in [4.69, 9.17) is 16.3 Å². The topological polar surface area (TPSA) is 91.2 Å². The van der Waals surface area contributed by atoms with Crippen LogP contribution in [0, 0.1) is 18.3 Å². The summed E-state index contributed by atoms with van der Waals surface area (Å²) in [5.74, 6) is 0.130. The number of dihydropyridines is 1. The number of hydrogen-bond acceptors (Lipinski definition) is 6. The van der Waals surface area contributed by atoms with Crippen molar-refractivity contribution in [2.75, 3.05) is 11.1 Å². The molecule has 0 fully saturated rings. The summed E-state index contributed by atoms with van der Waals surface area (Å²) in [6, 6.07) is 25.2. The molecule has 2 aliphatic rings. The Morgan fingerprint density at radius 1 is 1.12 bits per heavy atom. The fourth-order valence-electron chi connectivity index (χ4n) is 4.87. The second kappa shape index (κ2) is 12.5. The lowest BCUT2D eigenvalue weighted by Crippen LogP contribution is -2.31. The third-order valence-electron chi connectivity index (χ3n) is 6.93. The van der Waals surface area contributed by atoms with Gasteiger partial charge in [0.25, 0.3) is 0 Å². The Kier molecular flexibility index (Phi) is 8.59. The third-order valence-corrected chi connectivity index (χ3v) is 8.35. The minimum atomic E-state index is -0.501. The Balaban J connectivity index is 1.36. The van der Waals surface area contributed by atoms with Crippen LogP contribution in [0.4, 0.5) is 5.69 Å². The predicted octanol–water partition coefficient (Wildman–Crippen LogP) is 7.03. The van der Waals surface area contributed by atoms with E-state index in [1.165, 1.54) is 11.8 Å². The van der Waals surface area contributed by atoms with Crippen LogP contribution in [0.5, 0.6) is 5.75 Å². The molecule has 1 heterocycles. The van der Waals surface area contributed by atoms with Crippen LogP contribution in [0.3, 0.4) is 0 Å². The quantitative estimate of drug-likeness (QED) is 0.303. The number of nitrogens with one attached hydrogen (secondary N) is 2. The molecule has 0 saturated carbocycles. The van der Waals surface area contributed by atoms with E-state index in [2.05, 4.69) is 16.7 Å². The van der Waals surface area contributed by atoms with Gasteiger partial charge in [0.15, 0.2) is 5.78 Å². The van der Waals surface area contributed by atoms with Crippen molar-refractivity contribution < 1.29 is 14.3 Å². The molecule has 0 unspecified atom stereocenters. The molecule has 1 aliphatic heterocycles. The molecule has 3 aromatic carbocycles. The van der Waals surface area contributed by atoms with E-state index >= 15 is 0 Å². The number of benzene rings is 3. The molecule has 3 aromatic rings. The van der Waals surface area contributed by atoms with Gasteiger partial charge in [0.2, 0.25) is 5.91 Å². The van der Waals surface area contributed by atoms with E-state index in [0.717, 1.165) is 28.8 Å². The number of carbonyl (C=O) groups excluding carboxylic acids is 2. The van der Waals surface area contributed by atoms with Gasteiger partial charge in [-0.25, -0.2) is 0 Å². The predicted molar refractivity (Wildman–Crippen MR) is 159 cm³/mol. The standard InChI is InChI=1S/C32H28ClN3O3S/c1-20-10-13-23(16-26(20)33)35-29(38)19-40-32-25(17-34)30(31-27(36-32)8-5-9-28(31)37)22-11-14-24(15-12-22)39-18-21-6-3-2-4-7-21/h2-4,6-7,10-16,30,36H,5,8-9,18-19H2,1H3,(H,35,38)/t30-/m0/s1. The number of aryl methyl sites for hydroxylation is 1. The highest BCUT2D eigenvalue weighted by atomic mass is 35.5. The van der Waals surface area contributed by atoms with Gasteiger partial charge < -0.3 is 15.4 Å². The molecule has 1 atom stereocenters. The maximum absolute atomic E-state index is 13.1. The van der Waals surface area contributed by atoms with Crippen LogP contribution in [-0.4, -0.2) is 17.4 Å². The zero-order valence-corrected chi connectivity index (χ0v) is 23.6. The van der Waals surface area contributed by atoms with Crippen LogP contribution in [0.25, 0.3) is 0 Å². The molecule has 1 amide bonds. The number of Topliss-reactive ketones (excluding diaryl/α,β-unsaturated/α-hetero) is 1. The average Bonchev–Trinajstić information content (AvgIpc) is 2.97. The van der Waals surface area contributed by atoms with E-state index in [0.29, 0.717) is 52.1 Å². The van der Waals surface area contributed by atoms with Gasteiger partial charge in [0.05, 0.1) is 28.3 Å². The third kappa shape index (κ3) is 6.25. The van der Waals surface area contributed by atoms with Crippen molar-refractivity contribution >= 4 is 40.7 Å². The molecule has 1 aliphatic carbocycles. The number of halogens is 1. The Bertz CT molecular complexity index is 1540. The molecule has 0 radical (unpaired) electrons. The Morgan fingerprint density at radius 2 is 1.90 bits per heavy atom. The molecule has 202 valence electrons. The first-order valence-corrected chi connectivity index (χ1v) is 14.4. The van der Waals surface area contributed by atoms with E-state index in [1.54, 1.807) is 12.1 Å². The Labute approximate surface area is 243 Å². The molecule has 0 aromatic heterocycles. The molecule has 6 nitrogen and oxygen atoms in total. The lowest BCUT2D eigenvalue weighted by Gasteiger charge is -2.33. The maximum Gasteiger partial charge on any atom is 0.234 e. The van der Waals surface area contributed by atoms with Crippen molar-refractivity contribution in [2.24, 2.45) is 0 Å². The minimum Gasteiger partial charge on any atom is -0.489 e. The Morgan fingerprint density at radius 3 is 2.62 bits per heavy atom. The molecule has 0 spiro atoms. The molecule has 5 rings (SSSR count). The number of ether oxygens (including phenoxy) is 1. The first-order chi connectivity index (χ1) is 19.4. The van der Waals surface area contributed by atoms with Crippen molar-refractivity contribution in [2.45, 2.75) is 38.7 Å². The molecular weight excluding hydrogens is 542 g/mol. The number of ketones is 1. The number of carbonyl (C=O) groups is 2. The summed E-state index contributed by atoms with van der Waals surface area (Å²) in [7, 11) is 0. The van der Waals surface area contributed by atoms with Gasteiger partial charge in [-0.3, -0.25) is 9.59 Å². The van der Waals surface area contributed by atoms with Gasteiger partial charge in [0, 0.05) is 28.4 Å². The minimum absolute atomic E-state index is 0.0500.